The van der Waals surface area contributed by atoms with Gasteiger partial charge in [0, 0.05) is 6.54 Å². The molecule has 0 aliphatic heterocycles. The smallest absolute Gasteiger partial charge is 0.375 e. The standard InChI is InChI=1S/C10H11F4NO/c1-6-2-3-7(4-8(6)11)9(16,5-15)10(12,13)14/h2-4,16H,5,15H2,1H3. The van der Waals surface area contributed by atoms with Gasteiger partial charge in [-0.05, 0) is 24.1 Å². The van der Waals surface area contributed by atoms with Gasteiger partial charge in [-0.2, -0.15) is 13.2 Å². The van der Waals surface area contributed by atoms with Crippen molar-refractivity contribution in [2.75, 3.05) is 6.54 Å². The number of alkyl halides is 3. The van der Waals surface area contributed by atoms with Crippen molar-refractivity contribution in [3.05, 3.63) is 35.1 Å². The molecule has 0 aromatic heterocycles. The summed E-state index contributed by atoms with van der Waals surface area (Å²) in [6, 6.07) is 2.82. The lowest BCUT2D eigenvalue weighted by Gasteiger charge is -2.29. The minimum absolute atomic E-state index is 0.199. The largest absolute Gasteiger partial charge is 0.422 e. The zero-order valence-corrected chi connectivity index (χ0v) is 8.48. The van der Waals surface area contributed by atoms with Crippen molar-refractivity contribution in [1.82, 2.24) is 0 Å². The summed E-state index contributed by atoms with van der Waals surface area (Å²) in [5, 5.41) is 9.43. The summed E-state index contributed by atoms with van der Waals surface area (Å²) >= 11 is 0. The Balaban J connectivity index is 3.29. The van der Waals surface area contributed by atoms with Gasteiger partial charge >= 0.3 is 6.18 Å². The molecule has 3 N–H and O–H groups in total. The Kier molecular flexibility index (Phi) is 3.25. The maximum Gasteiger partial charge on any atom is 0.422 e. The van der Waals surface area contributed by atoms with Crippen LogP contribution in [0, 0.1) is 12.7 Å². The van der Waals surface area contributed by atoms with Crippen molar-refractivity contribution in [3.63, 3.8) is 0 Å². The second-order valence-electron chi connectivity index (χ2n) is 3.53. The molecule has 1 aromatic carbocycles. The highest BCUT2D eigenvalue weighted by molar-refractivity contribution is 5.29. The van der Waals surface area contributed by atoms with E-state index in [0.29, 0.717) is 6.07 Å². The van der Waals surface area contributed by atoms with Gasteiger partial charge in [-0.15, -0.1) is 0 Å². The quantitative estimate of drug-likeness (QED) is 0.771. The molecule has 0 aliphatic carbocycles. The predicted octanol–water partition coefficient (Wildman–Crippen LogP) is 1.84. The van der Waals surface area contributed by atoms with E-state index < -0.39 is 29.7 Å². The predicted molar refractivity (Wildman–Crippen MR) is 50.1 cm³/mol. The molecule has 16 heavy (non-hydrogen) atoms. The fourth-order valence-electron chi connectivity index (χ4n) is 1.25. The minimum Gasteiger partial charge on any atom is -0.375 e. The van der Waals surface area contributed by atoms with Crippen molar-refractivity contribution < 1.29 is 22.7 Å². The third-order valence-corrected chi connectivity index (χ3v) is 2.41. The summed E-state index contributed by atoms with van der Waals surface area (Å²) in [5.41, 5.74) is 1.32. The molecule has 0 fully saturated rings. The average molecular weight is 237 g/mol. The first kappa shape index (κ1) is 12.9. The van der Waals surface area contributed by atoms with Crippen LogP contribution in [-0.4, -0.2) is 17.8 Å². The maximum absolute atomic E-state index is 13.1. The molecule has 0 spiro atoms. The lowest BCUT2D eigenvalue weighted by Crippen LogP contribution is -2.48. The number of aryl methyl sites for hydroxylation is 1. The molecule has 0 saturated carbocycles. The molecule has 1 unspecified atom stereocenters. The van der Waals surface area contributed by atoms with Crippen LogP contribution in [0.3, 0.4) is 0 Å². The lowest BCUT2D eigenvalue weighted by molar-refractivity contribution is -0.262. The molecule has 0 bridgehead atoms. The summed E-state index contributed by atoms with van der Waals surface area (Å²) in [6.45, 7) is 0.354. The molecule has 0 heterocycles. The van der Waals surface area contributed by atoms with Gasteiger partial charge in [-0.3, -0.25) is 0 Å². The Labute approximate surface area is 89.7 Å². The van der Waals surface area contributed by atoms with Crippen LogP contribution in [0.25, 0.3) is 0 Å². The van der Waals surface area contributed by atoms with Crippen LogP contribution in [-0.2, 0) is 5.60 Å². The normalized spacial score (nSPS) is 15.9. The van der Waals surface area contributed by atoms with Gasteiger partial charge < -0.3 is 10.8 Å². The van der Waals surface area contributed by atoms with Crippen LogP contribution in [0.4, 0.5) is 17.6 Å². The first-order chi connectivity index (χ1) is 7.22. The summed E-state index contributed by atoms with van der Waals surface area (Å²) in [7, 11) is 0. The molecule has 0 amide bonds. The van der Waals surface area contributed by atoms with Crippen molar-refractivity contribution in [1.29, 1.82) is 0 Å². The third kappa shape index (κ3) is 2.03. The molecule has 90 valence electrons. The molecule has 0 radical (unpaired) electrons. The average Bonchev–Trinajstić information content (AvgIpc) is 2.19. The number of hydrogen-bond acceptors (Lipinski definition) is 2. The Morgan fingerprint density at radius 2 is 1.88 bits per heavy atom. The van der Waals surface area contributed by atoms with Crippen molar-refractivity contribution in [3.8, 4) is 0 Å². The topological polar surface area (TPSA) is 46.2 Å². The number of nitrogens with two attached hydrogens (primary N) is 1. The summed E-state index contributed by atoms with van der Waals surface area (Å²) in [5.74, 6) is -0.811. The number of rotatable bonds is 2. The van der Waals surface area contributed by atoms with E-state index in [4.69, 9.17) is 5.73 Å². The van der Waals surface area contributed by atoms with E-state index in [2.05, 4.69) is 0 Å². The maximum atomic E-state index is 13.1. The zero-order valence-electron chi connectivity index (χ0n) is 8.48. The van der Waals surface area contributed by atoms with E-state index in [1.807, 2.05) is 0 Å². The highest BCUT2D eigenvalue weighted by Gasteiger charge is 2.54. The first-order valence-corrected chi connectivity index (χ1v) is 4.48. The Morgan fingerprint density at radius 1 is 1.31 bits per heavy atom. The van der Waals surface area contributed by atoms with Crippen LogP contribution >= 0.6 is 0 Å². The number of hydrogen-bond donors (Lipinski definition) is 2. The van der Waals surface area contributed by atoms with Gasteiger partial charge in [0.05, 0.1) is 0 Å². The van der Waals surface area contributed by atoms with Crippen LogP contribution in [0.2, 0.25) is 0 Å². The SMILES string of the molecule is Cc1ccc(C(O)(CN)C(F)(F)F)cc1F. The summed E-state index contributed by atoms with van der Waals surface area (Å²) in [6.07, 6.45) is -4.94. The summed E-state index contributed by atoms with van der Waals surface area (Å²) < 4.78 is 50.8. The van der Waals surface area contributed by atoms with Gasteiger partial charge in [0.2, 0.25) is 0 Å². The Bertz CT molecular complexity index is 391. The van der Waals surface area contributed by atoms with Gasteiger partial charge in [0.1, 0.15) is 5.82 Å². The number of halogens is 4. The molecule has 2 nitrogen and oxygen atoms in total. The van der Waals surface area contributed by atoms with E-state index in [9.17, 15) is 22.7 Å². The fraction of sp³-hybridized carbons (Fsp3) is 0.400. The van der Waals surface area contributed by atoms with Crippen LogP contribution < -0.4 is 5.73 Å². The number of aliphatic hydroxyl groups is 1. The van der Waals surface area contributed by atoms with E-state index >= 15 is 0 Å². The highest BCUT2D eigenvalue weighted by Crippen LogP contribution is 2.38. The van der Waals surface area contributed by atoms with Crippen molar-refractivity contribution in [2.24, 2.45) is 5.73 Å². The highest BCUT2D eigenvalue weighted by atomic mass is 19.4. The van der Waals surface area contributed by atoms with Gasteiger partial charge in [-0.1, -0.05) is 12.1 Å². The molecule has 1 aromatic rings. The molecule has 6 heteroatoms. The van der Waals surface area contributed by atoms with Crippen molar-refractivity contribution in [2.45, 2.75) is 18.7 Å². The Morgan fingerprint density at radius 3 is 2.25 bits per heavy atom. The van der Waals surface area contributed by atoms with E-state index in [0.717, 1.165) is 12.1 Å². The molecule has 0 aliphatic rings. The van der Waals surface area contributed by atoms with E-state index in [1.165, 1.54) is 6.92 Å². The second-order valence-corrected chi connectivity index (χ2v) is 3.53. The van der Waals surface area contributed by atoms with Gasteiger partial charge in [0.25, 0.3) is 0 Å². The zero-order chi connectivity index (χ0) is 12.6. The molecular weight excluding hydrogens is 226 g/mol. The molecule has 1 rings (SSSR count). The van der Waals surface area contributed by atoms with Crippen LogP contribution in [0.15, 0.2) is 18.2 Å². The Hall–Kier alpha value is -1.14. The number of benzene rings is 1. The lowest BCUT2D eigenvalue weighted by atomic mass is 9.92. The fourth-order valence-corrected chi connectivity index (χ4v) is 1.25. The second kappa shape index (κ2) is 4.03. The monoisotopic (exact) mass is 237 g/mol. The molecule has 1 atom stereocenters. The third-order valence-electron chi connectivity index (χ3n) is 2.41. The van der Waals surface area contributed by atoms with Gasteiger partial charge in [-0.25, -0.2) is 4.39 Å². The van der Waals surface area contributed by atoms with E-state index in [1.54, 1.807) is 0 Å². The van der Waals surface area contributed by atoms with Crippen molar-refractivity contribution >= 4 is 0 Å². The van der Waals surface area contributed by atoms with Gasteiger partial charge in [0.15, 0.2) is 5.60 Å². The summed E-state index contributed by atoms with van der Waals surface area (Å²) in [4.78, 5) is 0. The van der Waals surface area contributed by atoms with E-state index in [-0.39, 0.29) is 5.56 Å². The first-order valence-electron chi connectivity index (χ1n) is 4.48. The molecule has 0 saturated heterocycles. The van der Waals surface area contributed by atoms with Crippen LogP contribution in [0.5, 0.6) is 0 Å². The molecular formula is C10H11F4NO. The minimum atomic E-state index is -4.94. The van der Waals surface area contributed by atoms with Crippen LogP contribution in [0.1, 0.15) is 11.1 Å².